The number of hydrogen-bond acceptors (Lipinski definition) is 2. The van der Waals surface area contributed by atoms with Crippen LogP contribution >= 0.6 is 0 Å². The lowest BCUT2D eigenvalue weighted by Gasteiger charge is -2.29. The van der Waals surface area contributed by atoms with Crippen molar-refractivity contribution in [2.24, 2.45) is 11.7 Å². The first-order valence-corrected chi connectivity index (χ1v) is 7.20. The second-order valence-corrected chi connectivity index (χ2v) is 5.45. The van der Waals surface area contributed by atoms with E-state index in [9.17, 15) is 4.79 Å². The Morgan fingerprint density at radius 3 is 2.47 bits per heavy atom. The molecule has 1 aliphatic carbocycles. The fourth-order valence-electron chi connectivity index (χ4n) is 2.67. The van der Waals surface area contributed by atoms with Crippen molar-refractivity contribution >= 4 is 5.91 Å². The van der Waals surface area contributed by atoms with Crippen molar-refractivity contribution in [2.45, 2.75) is 77.3 Å². The molecular formula is C14H28N2O. The normalized spacial score (nSPS) is 26.5. The molecule has 1 saturated carbocycles. The molecule has 3 heteroatoms. The van der Waals surface area contributed by atoms with Gasteiger partial charge in [-0.15, -0.1) is 0 Å². The molecule has 1 amide bonds. The number of rotatable bonds is 6. The first-order valence-electron chi connectivity index (χ1n) is 7.20. The maximum absolute atomic E-state index is 11.7. The summed E-state index contributed by atoms with van der Waals surface area (Å²) >= 11 is 0. The van der Waals surface area contributed by atoms with Crippen LogP contribution in [0.15, 0.2) is 0 Å². The van der Waals surface area contributed by atoms with E-state index in [1.54, 1.807) is 0 Å². The molecule has 0 aliphatic heterocycles. The van der Waals surface area contributed by atoms with E-state index in [-0.39, 0.29) is 11.9 Å². The molecule has 1 unspecified atom stereocenters. The summed E-state index contributed by atoms with van der Waals surface area (Å²) < 4.78 is 0. The zero-order chi connectivity index (χ0) is 12.7. The SMILES string of the molecule is CCCC1CCC(NC(=O)CC(N)CC)CC1. The Morgan fingerprint density at radius 2 is 1.94 bits per heavy atom. The van der Waals surface area contributed by atoms with Crippen LogP contribution in [0, 0.1) is 5.92 Å². The van der Waals surface area contributed by atoms with Crippen LogP contribution in [0.2, 0.25) is 0 Å². The van der Waals surface area contributed by atoms with Crippen molar-refractivity contribution in [3.63, 3.8) is 0 Å². The maximum Gasteiger partial charge on any atom is 0.221 e. The predicted molar refractivity (Wildman–Crippen MR) is 71.7 cm³/mol. The van der Waals surface area contributed by atoms with E-state index >= 15 is 0 Å². The molecule has 3 nitrogen and oxygen atoms in total. The number of amides is 1. The van der Waals surface area contributed by atoms with E-state index in [0.29, 0.717) is 12.5 Å². The Labute approximate surface area is 106 Å². The summed E-state index contributed by atoms with van der Waals surface area (Å²) in [7, 11) is 0. The minimum absolute atomic E-state index is 0.0198. The summed E-state index contributed by atoms with van der Waals surface area (Å²) in [5.74, 6) is 1.03. The highest BCUT2D eigenvalue weighted by molar-refractivity contribution is 5.76. The van der Waals surface area contributed by atoms with Gasteiger partial charge < -0.3 is 11.1 Å². The van der Waals surface area contributed by atoms with Gasteiger partial charge in [0.25, 0.3) is 0 Å². The van der Waals surface area contributed by atoms with Gasteiger partial charge in [0.2, 0.25) is 5.91 Å². The van der Waals surface area contributed by atoms with Crippen molar-refractivity contribution in [1.82, 2.24) is 5.32 Å². The molecule has 0 aromatic rings. The lowest BCUT2D eigenvalue weighted by Crippen LogP contribution is -2.40. The number of nitrogens with two attached hydrogens (primary N) is 1. The van der Waals surface area contributed by atoms with Gasteiger partial charge in [0.1, 0.15) is 0 Å². The molecule has 0 heterocycles. The summed E-state index contributed by atoms with van der Waals surface area (Å²) in [6.07, 6.45) is 8.84. The number of nitrogens with one attached hydrogen (secondary N) is 1. The molecule has 0 saturated heterocycles. The minimum Gasteiger partial charge on any atom is -0.353 e. The molecule has 1 atom stereocenters. The third kappa shape index (κ3) is 5.53. The molecule has 0 radical (unpaired) electrons. The van der Waals surface area contributed by atoms with Gasteiger partial charge in [-0.1, -0.05) is 26.7 Å². The molecule has 1 fully saturated rings. The van der Waals surface area contributed by atoms with E-state index in [2.05, 4.69) is 12.2 Å². The standard InChI is InChI=1S/C14H28N2O/c1-3-5-11-6-8-13(9-7-11)16-14(17)10-12(15)4-2/h11-13H,3-10,15H2,1-2H3,(H,16,17). The fraction of sp³-hybridized carbons (Fsp3) is 0.929. The quantitative estimate of drug-likeness (QED) is 0.750. The summed E-state index contributed by atoms with van der Waals surface area (Å²) in [5.41, 5.74) is 5.78. The lowest BCUT2D eigenvalue weighted by molar-refractivity contribution is -0.122. The van der Waals surface area contributed by atoms with Crippen LogP contribution in [0.3, 0.4) is 0 Å². The average molecular weight is 240 g/mol. The average Bonchev–Trinajstić information content (AvgIpc) is 2.31. The van der Waals surface area contributed by atoms with Crippen LogP contribution in [0.1, 0.15) is 65.2 Å². The van der Waals surface area contributed by atoms with Gasteiger partial charge in [-0.2, -0.15) is 0 Å². The van der Waals surface area contributed by atoms with Crippen molar-refractivity contribution in [1.29, 1.82) is 0 Å². The molecule has 1 aliphatic rings. The Balaban J connectivity index is 2.19. The molecular weight excluding hydrogens is 212 g/mol. The van der Waals surface area contributed by atoms with E-state index in [1.807, 2.05) is 6.92 Å². The van der Waals surface area contributed by atoms with E-state index in [1.165, 1.54) is 25.7 Å². The Bertz CT molecular complexity index is 222. The molecule has 0 bridgehead atoms. The van der Waals surface area contributed by atoms with Crippen molar-refractivity contribution in [3.8, 4) is 0 Å². The lowest BCUT2D eigenvalue weighted by atomic mass is 9.83. The largest absolute Gasteiger partial charge is 0.353 e. The van der Waals surface area contributed by atoms with E-state index < -0.39 is 0 Å². The topological polar surface area (TPSA) is 55.1 Å². The van der Waals surface area contributed by atoms with Crippen LogP contribution in [-0.4, -0.2) is 18.0 Å². The first kappa shape index (κ1) is 14.5. The highest BCUT2D eigenvalue weighted by Crippen LogP contribution is 2.27. The Hall–Kier alpha value is -0.570. The number of carbonyl (C=O) groups excluding carboxylic acids is 1. The minimum atomic E-state index is 0.0198. The third-order valence-corrected chi connectivity index (χ3v) is 3.88. The summed E-state index contributed by atoms with van der Waals surface area (Å²) in [4.78, 5) is 11.7. The van der Waals surface area contributed by atoms with Gasteiger partial charge in [-0.25, -0.2) is 0 Å². The summed E-state index contributed by atoms with van der Waals surface area (Å²) in [6.45, 7) is 4.27. The van der Waals surface area contributed by atoms with Gasteiger partial charge in [0, 0.05) is 18.5 Å². The van der Waals surface area contributed by atoms with Gasteiger partial charge in [0.05, 0.1) is 0 Å². The number of carbonyl (C=O) groups is 1. The second-order valence-electron chi connectivity index (χ2n) is 5.45. The van der Waals surface area contributed by atoms with Crippen molar-refractivity contribution < 1.29 is 4.79 Å². The molecule has 3 N–H and O–H groups in total. The van der Waals surface area contributed by atoms with E-state index in [4.69, 9.17) is 5.73 Å². The number of hydrogen-bond donors (Lipinski definition) is 2. The highest BCUT2D eigenvalue weighted by Gasteiger charge is 2.22. The molecule has 1 rings (SSSR count). The van der Waals surface area contributed by atoms with Gasteiger partial charge in [-0.05, 0) is 38.0 Å². The Kier molecular flexibility index (Phi) is 6.56. The fourth-order valence-corrected chi connectivity index (χ4v) is 2.67. The summed E-state index contributed by atoms with van der Waals surface area (Å²) in [5, 5.41) is 3.13. The van der Waals surface area contributed by atoms with Crippen LogP contribution in [0.5, 0.6) is 0 Å². The zero-order valence-corrected chi connectivity index (χ0v) is 11.4. The Morgan fingerprint density at radius 1 is 1.29 bits per heavy atom. The second kappa shape index (κ2) is 7.70. The molecule has 17 heavy (non-hydrogen) atoms. The van der Waals surface area contributed by atoms with Crippen LogP contribution in [0.25, 0.3) is 0 Å². The van der Waals surface area contributed by atoms with Crippen molar-refractivity contribution in [2.75, 3.05) is 0 Å². The van der Waals surface area contributed by atoms with Crippen LogP contribution < -0.4 is 11.1 Å². The van der Waals surface area contributed by atoms with Crippen LogP contribution in [0.4, 0.5) is 0 Å². The first-order chi connectivity index (χ1) is 8.15. The third-order valence-electron chi connectivity index (χ3n) is 3.88. The van der Waals surface area contributed by atoms with Gasteiger partial charge in [0.15, 0.2) is 0 Å². The highest BCUT2D eigenvalue weighted by atomic mass is 16.1. The monoisotopic (exact) mass is 240 g/mol. The molecule has 100 valence electrons. The maximum atomic E-state index is 11.7. The molecule has 0 spiro atoms. The molecule has 0 aromatic carbocycles. The van der Waals surface area contributed by atoms with Crippen molar-refractivity contribution in [3.05, 3.63) is 0 Å². The predicted octanol–water partition coefficient (Wildman–Crippen LogP) is 2.59. The van der Waals surface area contributed by atoms with E-state index in [0.717, 1.165) is 25.2 Å². The van der Waals surface area contributed by atoms with Crippen LogP contribution in [-0.2, 0) is 4.79 Å². The zero-order valence-electron chi connectivity index (χ0n) is 11.4. The summed E-state index contributed by atoms with van der Waals surface area (Å²) in [6, 6.07) is 0.422. The molecule has 0 aromatic heterocycles. The van der Waals surface area contributed by atoms with Gasteiger partial charge >= 0.3 is 0 Å². The smallest absolute Gasteiger partial charge is 0.221 e. The van der Waals surface area contributed by atoms with Gasteiger partial charge in [-0.3, -0.25) is 4.79 Å².